The number of hydroxylamine groups is 2. The average molecular weight is 496 g/mol. The van der Waals surface area contributed by atoms with Gasteiger partial charge in [-0.25, -0.2) is 17.5 Å². The predicted octanol–water partition coefficient (Wildman–Crippen LogP) is 3.73. The number of hydrogen-bond acceptors (Lipinski definition) is 6. The van der Waals surface area contributed by atoms with Crippen LogP contribution >= 0.6 is 0 Å². The first-order chi connectivity index (χ1) is 16.2. The Hall–Kier alpha value is -2.17. The highest BCUT2D eigenvalue weighted by Gasteiger charge is 2.35. The molecule has 0 spiro atoms. The Morgan fingerprint density at radius 2 is 1.71 bits per heavy atom. The van der Waals surface area contributed by atoms with Crippen LogP contribution in [0.2, 0.25) is 0 Å². The third-order valence-corrected chi connectivity index (χ3v) is 8.85. The highest BCUT2D eigenvalue weighted by molar-refractivity contribution is 7.89. The summed E-state index contributed by atoms with van der Waals surface area (Å²) in [5, 5.41) is 10.7. The number of amides is 3. The second kappa shape index (κ2) is 12.0. The fourth-order valence-corrected chi connectivity index (χ4v) is 6.07. The summed E-state index contributed by atoms with van der Waals surface area (Å²) in [6, 6.07) is 5.32. The molecule has 3 rings (SSSR count). The van der Waals surface area contributed by atoms with Crippen molar-refractivity contribution in [3.63, 3.8) is 0 Å². The fraction of sp³-hybridized carbons (Fsp3) is 0.667. The van der Waals surface area contributed by atoms with Crippen LogP contribution in [0.5, 0.6) is 5.75 Å². The molecule has 1 atom stereocenters. The molecule has 1 saturated heterocycles. The maximum atomic E-state index is 13.2. The second-order valence-electron chi connectivity index (χ2n) is 9.37. The number of nitrogens with zero attached hydrogens (tertiary/aromatic N) is 3. The van der Waals surface area contributed by atoms with Gasteiger partial charge in [-0.3, -0.25) is 10.0 Å². The number of benzene rings is 1. The second-order valence-corrected chi connectivity index (χ2v) is 11.4. The van der Waals surface area contributed by atoms with Crippen LogP contribution in [0, 0.1) is 11.8 Å². The van der Waals surface area contributed by atoms with Gasteiger partial charge in [-0.15, -0.1) is 5.06 Å². The van der Waals surface area contributed by atoms with E-state index in [9.17, 15) is 23.2 Å². The van der Waals surface area contributed by atoms with E-state index in [2.05, 4.69) is 0 Å². The number of carbonyl (C=O) groups excluding carboxylic acids is 2. The zero-order chi connectivity index (χ0) is 24.7. The van der Waals surface area contributed by atoms with E-state index < -0.39 is 27.9 Å². The van der Waals surface area contributed by atoms with Crippen molar-refractivity contribution in [2.45, 2.75) is 62.7 Å². The van der Waals surface area contributed by atoms with Crippen molar-refractivity contribution in [2.75, 3.05) is 33.8 Å². The Morgan fingerprint density at radius 3 is 2.29 bits per heavy atom. The quantitative estimate of drug-likeness (QED) is 0.413. The zero-order valence-corrected chi connectivity index (χ0v) is 21.0. The van der Waals surface area contributed by atoms with Crippen molar-refractivity contribution in [3.05, 3.63) is 24.3 Å². The molecule has 3 amide bonds. The largest absolute Gasteiger partial charge is 0.497 e. The van der Waals surface area contributed by atoms with Crippen LogP contribution in [-0.2, 0) is 14.8 Å². The molecule has 2 aliphatic rings. The van der Waals surface area contributed by atoms with Gasteiger partial charge in [-0.1, -0.05) is 25.7 Å². The average Bonchev–Trinajstić information content (AvgIpc) is 3.39. The number of methoxy groups -OCH3 is 1. The van der Waals surface area contributed by atoms with Gasteiger partial charge in [0.15, 0.2) is 0 Å². The van der Waals surface area contributed by atoms with E-state index in [1.165, 1.54) is 31.2 Å². The van der Waals surface area contributed by atoms with Crippen LogP contribution in [0.3, 0.4) is 0 Å². The van der Waals surface area contributed by atoms with Gasteiger partial charge < -0.3 is 9.64 Å². The summed E-state index contributed by atoms with van der Waals surface area (Å²) >= 11 is 0. The van der Waals surface area contributed by atoms with Gasteiger partial charge in [-0.2, -0.15) is 0 Å². The van der Waals surface area contributed by atoms with Gasteiger partial charge in [-0.05, 0) is 62.3 Å². The molecule has 1 aromatic rings. The summed E-state index contributed by atoms with van der Waals surface area (Å²) in [7, 11) is -0.944. The fourth-order valence-electron chi connectivity index (χ4n) is 4.85. The molecule has 0 bridgehead atoms. The Balaban J connectivity index is 1.73. The number of hydrogen-bond donors (Lipinski definition) is 1. The third kappa shape index (κ3) is 6.49. The van der Waals surface area contributed by atoms with Crippen molar-refractivity contribution < 1.29 is 28.0 Å². The Morgan fingerprint density at radius 1 is 1.09 bits per heavy atom. The molecule has 10 heteroatoms. The minimum absolute atomic E-state index is 0.0861. The van der Waals surface area contributed by atoms with E-state index in [4.69, 9.17) is 4.74 Å². The van der Waals surface area contributed by atoms with Crippen LogP contribution in [0.15, 0.2) is 29.2 Å². The normalized spacial score (nSPS) is 18.2. The number of likely N-dealkylation sites (tertiary alicyclic amines) is 1. The molecule has 0 radical (unpaired) electrons. The summed E-state index contributed by atoms with van der Waals surface area (Å²) in [6.07, 6.45) is 8.37. The van der Waals surface area contributed by atoms with E-state index >= 15 is 0 Å². The zero-order valence-electron chi connectivity index (χ0n) is 20.2. The summed E-state index contributed by atoms with van der Waals surface area (Å²) in [6.45, 7) is 0.883. The molecule has 1 heterocycles. The lowest BCUT2D eigenvalue weighted by Crippen LogP contribution is -2.49. The van der Waals surface area contributed by atoms with E-state index in [0.29, 0.717) is 31.2 Å². The van der Waals surface area contributed by atoms with Crippen LogP contribution in [-0.4, -0.2) is 73.6 Å². The monoisotopic (exact) mass is 495 g/mol. The van der Waals surface area contributed by atoms with Crippen molar-refractivity contribution in [2.24, 2.45) is 11.8 Å². The first-order valence-corrected chi connectivity index (χ1v) is 13.6. The maximum Gasteiger partial charge on any atom is 0.351 e. The van der Waals surface area contributed by atoms with E-state index in [-0.39, 0.29) is 16.5 Å². The number of imide groups is 1. The first-order valence-electron chi connectivity index (χ1n) is 12.2. The molecule has 1 aliphatic carbocycles. The molecule has 1 aromatic carbocycles. The number of rotatable bonds is 9. The number of piperidine rings is 1. The molecule has 34 heavy (non-hydrogen) atoms. The van der Waals surface area contributed by atoms with Gasteiger partial charge in [0.25, 0.3) is 5.91 Å². The summed E-state index contributed by atoms with van der Waals surface area (Å²) < 4.78 is 32.5. The molecule has 9 nitrogen and oxygen atoms in total. The van der Waals surface area contributed by atoms with Gasteiger partial charge in [0.1, 0.15) is 5.75 Å². The number of ether oxygens (including phenoxy) is 1. The highest BCUT2D eigenvalue weighted by Crippen LogP contribution is 2.31. The minimum Gasteiger partial charge on any atom is -0.497 e. The molecule has 1 aliphatic heterocycles. The first kappa shape index (κ1) is 26.4. The number of urea groups is 1. The van der Waals surface area contributed by atoms with Gasteiger partial charge in [0.05, 0.1) is 17.9 Å². The van der Waals surface area contributed by atoms with Crippen LogP contribution in [0.4, 0.5) is 4.79 Å². The molecule has 0 aromatic heterocycles. The Labute approximate surface area is 202 Å². The van der Waals surface area contributed by atoms with Crippen LogP contribution < -0.4 is 4.74 Å². The van der Waals surface area contributed by atoms with E-state index in [0.717, 1.165) is 55.7 Å². The smallest absolute Gasteiger partial charge is 0.351 e. The summed E-state index contributed by atoms with van der Waals surface area (Å²) in [5.74, 6) is -0.537. The molecule has 2 fully saturated rings. The lowest BCUT2D eigenvalue weighted by Gasteiger charge is -2.31. The van der Waals surface area contributed by atoms with Crippen molar-refractivity contribution >= 4 is 22.0 Å². The molecule has 0 unspecified atom stereocenters. The van der Waals surface area contributed by atoms with Crippen molar-refractivity contribution in [1.29, 1.82) is 0 Å². The van der Waals surface area contributed by atoms with Gasteiger partial charge in [0.2, 0.25) is 10.0 Å². The molecule has 1 N–H and O–H groups in total. The van der Waals surface area contributed by atoms with Crippen LogP contribution in [0.1, 0.15) is 57.8 Å². The van der Waals surface area contributed by atoms with Crippen LogP contribution in [0.25, 0.3) is 0 Å². The Bertz CT molecular complexity index is 925. The SMILES string of the molecule is COc1ccc(S(=O)(=O)N(C)C[C@H](CCC2CCCC2)C(=O)N(O)C(=O)N2CCCCC2)cc1. The van der Waals surface area contributed by atoms with E-state index in [1.807, 2.05) is 0 Å². The topological polar surface area (TPSA) is 107 Å². The Kier molecular flexibility index (Phi) is 9.32. The maximum absolute atomic E-state index is 13.2. The van der Waals surface area contributed by atoms with Gasteiger partial charge >= 0.3 is 6.03 Å². The van der Waals surface area contributed by atoms with E-state index in [1.54, 1.807) is 12.1 Å². The van der Waals surface area contributed by atoms with Crippen molar-refractivity contribution in [1.82, 2.24) is 14.3 Å². The number of sulfonamides is 1. The molecule has 1 saturated carbocycles. The lowest BCUT2D eigenvalue weighted by molar-refractivity contribution is -0.160. The number of carbonyl (C=O) groups is 2. The minimum atomic E-state index is -3.87. The molecule has 190 valence electrons. The predicted molar refractivity (Wildman–Crippen MR) is 127 cm³/mol. The lowest BCUT2D eigenvalue weighted by atomic mass is 9.94. The standard InChI is InChI=1S/C24H37N3O6S/c1-25(34(31,32)22-14-12-21(33-2)13-15-22)18-20(11-10-19-8-4-5-9-19)23(28)27(30)24(29)26-16-6-3-7-17-26/h12-15,19-20,30H,3-11,16-18H2,1-2H3/t20-/m0/s1. The highest BCUT2D eigenvalue weighted by atomic mass is 32.2. The summed E-state index contributed by atoms with van der Waals surface area (Å²) in [5.41, 5.74) is 0. The molecular formula is C24H37N3O6S. The van der Waals surface area contributed by atoms with Gasteiger partial charge in [0, 0.05) is 26.7 Å². The van der Waals surface area contributed by atoms with Crippen molar-refractivity contribution in [3.8, 4) is 5.75 Å². The molecular weight excluding hydrogens is 458 g/mol. The third-order valence-electron chi connectivity index (χ3n) is 7.01. The summed E-state index contributed by atoms with van der Waals surface area (Å²) in [4.78, 5) is 27.5.